The fourth-order valence-corrected chi connectivity index (χ4v) is 6.62. The molecule has 1 amide bonds. The van der Waals surface area contributed by atoms with E-state index in [0.717, 1.165) is 25.7 Å². The number of ketones is 1. The molecule has 0 spiro atoms. The van der Waals surface area contributed by atoms with Crippen LogP contribution in [-0.4, -0.2) is 43.8 Å². The molecule has 274 valence electrons. The Labute approximate surface area is 299 Å². The summed E-state index contributed by atoms with van der Waals surface area (Å²) in [7, 11) is -3.88. The lowest BCUT2D eigenvalue weighted by Crippen LogP contribution is -2.45. The highest BCUT2D eigenvalue weighted by molar-refractivity contribution is 7.89. The zero-order valence-electron chi connectivity index (χ0n) is 29.8. The van der Waals surface area contributed by atoms with Crippen molar-refractivity contribution in [2.75, 3.05) is 11.9 Å². The van der Waals surface area contributed by atoms with Crippen LogP contribution in [0.4, 0.5) is 5.69 Å². The van der Waals surface area contributed by atoms with Crippen molar-refractivity contribution in [3.05, 3.63) is 53.1 Å². The Hall–Kier alpha value is -2.95. The van der Waals surface area contributed by atoms with Gasteiger partial charge in [0.2, 0.25) is 16.1 Å². The second-order valence-electron chi connectivity index (χ2n) is 13.8. The summed E-state index contributed by atoms with van der Waals surface area (Å²) in [6.45, 7) is 7.46. The van der Waals surface area contributed by atoms with E-state index in [2.05, 4.69) is 17.0 Å². The molecule has 0 fully saturated rings. The van der Waals surface area contributed by atoms with Crippen LogP contribution < -0.4 is 14.8 Å². The number of hydrogen-bond donors (Lipinski definition) is 3. The highest BCUT2D eigenvalue weighted by atomic mass is 35.5. The molecule has 0 aliphatic carbocycles. The van der Waals surface area contributed by atoms with E-state index in [1.807, 2.05) is 0 Å². The van der Waals surface area contributed by atoms with Gasteiger partial charge in [-0.1, -0.05) is 136 Å². The number of sulfonamides is 1. The van der Waals surface area contributed by atoms with Gasteiger partial charge in [-0.15, -0.1) is 0 Å². The number of amides is 1. The van der Waals surface area contributed by atoms with Gasteiger partial charge in [0.05, 0.1) is 21.2 Å². The number of halogens is 1. The third-order valence-electron chi connectivity index (χ3n) is 8.40. The minimum Gasteiger partial charge on any atom is -0.478 e. The highest BCUT2D eigenvalue weighted by Crippen LogP contribution is 2.28. The Morgan fingerprint density at radius 2 is 1.27 bits per heavy atom. The number of ether oxygens (including phenoxy) is 1. The van der Waals surface area contributed by atoms with E-state index >= 15 is 0 Å². The van der Waals surface area contributed by atoms with E-state index in [0.29, 0.717) is 6.54 Å². The number of nitrogens with one attached hydrogen (secondary N) is 2. The molecule has 3 N–H and O–H groups in total. The second kappa shape index (κ2) is 22.0. The van der Waals surface area contributed by atoms with Gasteiger partial charge in [0.25, 0.3) is 5.91 Å². The monoisotopic (exact) mass is 720 g/mol. The summed E-state index contributed by atoms with van der Waals surface area (Å²) in [6.07, 6.45) is 18.2. The average molecular weight is 721 g/mol. The zero-order valence-corrected chi connectivity index (χ0v) is 31.4. The van der Waals surface area contributed by atoms with Gasteiger partial charge in [-0.05, 0) is 48.9 Å². The van der Waals surface area contributed by atoms with Crippen LogP contribution in [0.15, 0.2) is 47.4 Å². The summed E-state index contributed by atoms with van der Waals surface area (Å²) >= 11 is 6.32. The topological polar surface area (TPSA) is 139 Å². The first-order valence-electron chi connectivity index (χ1n) is 17.9. The number of rotatable bonds is 25. The lowest BCUT2D eigenvalue weighted by molar-refractivity contribution is -0.140. The molecule has 0 aliphatic heterocycles. The van der Waals surface area contributed by atoms with Crippen LogP contribution in [-0.2, 0) is 19.6 Å². The van der Waals surface area contributed by atoms with Crippen molar-refractivity contribution in [1.82, 2.24) is 4.72 Å². The van der Waals surface area contributed by atoms with Gasteiger partial charge in [-0.3, -0.25) is 9.59 Å². The van der Waals surface area contributed by atoms with E-state index in [1.165, 1.54) is 120 Å². The Morgan fingerprint density at radius 3 is 1.73 bits per heavy atom. The van der Waals surface area contributed by atoms with Crippen molar-refractivity contribution in [1.29, 1.82) is 0 Å². The van der Waals surface area contributed by atoms with Crippen molar-refractivity contribution in [3.63, 3.8) is 0 Å². The standard InChI is InChI=1S/C38H57ClN2O7S/c1-5-6-7-8-9-10-11-12-13-14-15-16-17-18-19-20-27-40-49(46,47)31-25-26-32(39)33(28-31)41-36(43)34(35(42)38(2,3)4)48-30-23-21-29(22-24-30)37(44)45/h21-26,28,34,40H,5-20,27H2,1-4H3,(H,41,43)(H,44,45)/t34-/m0/s1. The van der Waals surface area contributed by atoms with Crippen LogP contribution >= 0.6 is 11.6 Å². The van der Waals surface area contributed by atoms with Gasteiger partial charge in [-0.2, -0.15) is 0 Å². The van der Waals surface area contributed by atoms with Crippen molar-refractivity contribution in [2.24, 2.45) is 5.41 Å². The molecule has 0 unspecified atom stereocenters. The van der Waals surface area contributed by atoms with Crippen LogP contribution in [0.5, 0.6) is 5.75 Å². The van der Waals surface area contributed by atoms with Gasteiger partial charge >= 0.3 is 5.97 Å². The maximum absolute atomic E-state index is 13.4. The van der Waals surface area contributed by atoms with Gasteiger partial charge < -0.3 is 15.2 Å². The van der Waals surface area contributed by atoms with Gasteiger partial charge in [0.1, 0.15) is 5.75 Å². The third kappa shape index (κ3) is 16.1. The van der Waals surface area contributed by atoms with Crippen LogP contribution in [0, 0.1) is 5.41 Å². The number of carbonyl (C=O) groups excluding carboxylic acids is 2. The molecule has 0 radical (unpaired) electrons. The van der Waals surface area contributed by atoms with Crippen molar-refractivity contribution in [3.8, 4) is 5.75 Å². The molecule has 49 heavy (non-hydrogen) atoms. The number of carboxylic acid groups (broad SMARTS) is 1. The number of hydrogen-bond acceptors (Lipinski definition) is 6. The van der Waals surface area contributed by atoms with E-state index in [-0.39, 0.29) is 26.9 Å². The highest BCUT2D eigenvalue weighted by Gasteiger charge is 2.37. The molecule has 11 heteroatoms. The van der Waals surface area contributed by atoms with E-state index in [1.54, 1.807) is 20.8 Å². The number of anilines is 1. The van der Waals surface area contributed by atoms with Crippen LogP contribution in [0.2, 0.25) is 5.02 Å². The molecular weight excluding hydrogens is 664 g/mol. The summed E-state index contributed by atoms with van der Waals surface area (Å²) in [5.74, 6) is -2.40. The normalized spacial score (nSPS) is 12.4. The predicted molar refractivity (Wildman–Crippen MR) is 197 cm³/mol. The lowest BCUT2D eigenvalue weighted by Gasteiger charge is -2.25. The number of Topliss-reactive ketones (excluding diaryl/α,β-unsaturated/α-hetero) is 1. The molecule has 0 bridgehead atoms. The minimum absolute atomic E-state index is 0.00786. The van der Waals surface area contributed by atoms with E-state index in [9.17, 15) is 22.8 Å². The van der Waals surface area contributed by atoms with E-state index in [4.69, 9.17) is 21.4 Å². The largest absolute Gasteiger partial charge is 0.478 e. The molecule has 2 aromatic rings. The Morgan fingerprint density at radius 1 is 0.776 bits per heavy atom. The molecule has 0 heterocycles. The van der Waals surface area contributed by atoms with Gasteiger partial charge in [-0.25, -0.2) is 17.9 Å². The lowest BCUT2D eigenvalue weighted by atomic mass is 9.87. The summed E-state index contributed by atoms with van der Waals surface area (Å²) in [5, 5.41) is 11.8. The van der Waals surface area contributed by atoms with Crippen LogP contribution in [0.3, 0.4) is 0 Å². The molecule has 0 aromatic heterocycles. The van der Waals surface area contributed by atoms with Crippen molar-refractivity contribution < 1.29 is 32.6 Å². The van der Waals surface area contributed by atoms with Crippen molar-refractivity contribution in [2.45, 2.75) is 141 Å². The maximum atomic E-state index is 13.4. The molecule has 2 rings (SSSR count). The fourth-order valence-electron chi connectivity index (χ4n) is 5.36. The number of carboxylic acids is 1. The number of unbranched alkanes of at least 4 members (excludes halogenated alkanes) is 15. The summed E-state index contributed by atoms with van der Waals surface area (Å²) in [6, 6.07) is 9.27. The first kappa shape index (κ1) is 42.2. The van der Waals surface area contributed by atoms with Gasteiger partial charge in [0, 0.05) is 12.0 Å². The predicted octanol–water partition coefficient (Wildman–Crippen LogP) is 9.58. The first-order chi connectivity index (χ1) is 23.3. The number of benzene rings is 2. The Bertz CT molecular complexity index is 1420. The van der Waals surface area contributed by atoms with Gasteiger partial charge in [0.15, 0.2) is 5.78 Å². The average Bonchev–Trinajstić information content (AvgIpc) is 3.05. The second-order valence-corrected chi connectivity index (χ2v) is 15.9. The maximum Gasteiger partial charge on any atom is 0.335 e. The smallest absolute Gasteiger partial charge is 0.335 e. The Kier molecular flexibility index (Phi) is 18.9. The van der Waals surface area contributed by atoms with Crippen LogP contribution in [0.1, 0.15) is 141 Å². The molecule has 1 atom stereocenters. The minimum atomic E-state index is -3.88. The molecular formula is C38H57ClN2O7S. The van der Waals surface area contributed by atoms with E-state index < -0.39 is 39.2 Å². The summed E-state index contributed by atoms with van der Waals surface area (Å²) in [5.41, 5.74) is -0.939. The zero-order chi connectivity index (χ0) is 36.3. The third-order valence-corrected chi connectivity index (χ3v) is 10.2. The first-order valence-corrected chi connectivity index (χ1v) is 19.8. The number of aromatic carboxylic acids is 1. The Balaban J connectivity index is 1.81. The quantitative estimate of drug-likeness (QED) is 0.0686. The molecule has 9 nitrogen and oxygen atoms in total. The molecule has 0 saturated heterocycles. The summed E-state index contributed by atoms with van der Waals surface area (Å²) in [4.78, 5) is 37.7. The molecule has 0 saturated carbocycles. The van der Waals surface area contributed by atoms with Crippen molar-refractivity contribution >= 4 is 45.0 Å². The fraction of sp³-hybridized carbons (Fsp3) is 0.605. The molecule has 2 aromatic carbocycles. The SMILES string of the molecule is CCCCCCCCCCCCCCCCCCNS(=O)(=O)c1ccc(Cl)c(NC(=O)[C@@H](Oc2ccc(C(=O)O)cc2)C(=O)C(C)(C)C)c1. The number of carbonyl (C=O) groups is 3. The molecule has 0 aliphatic rings. The van der Waals surface area contributed by atoms with Crippen LogP contribution in [0.25, 0.3) is 0 Å². The summed E-state index contributed by atoms with van der Waals surface area (Å²) < 4.78 is 34.4.